The first kappa shape index (κ1) is 29.9. The van der Waals surface area contributed by atoms with Crippen LogP contribution in [0.5, 0.6) is 0 Å². The van der Waals surface area contributed by atoms with Crippen LogP contribution in [0.1, 0.15) is 37.8 Å². The molecule has 1 aliphatic rings. The molecule has 1 aliphatic heterocycles. The smallest absolute Gasteiger partial charge is 0.339 e. The Labute approximate surface area is 231 Å². The number of hydrogen-bond donors (Lipinski definition) is 2. The SMILES string of the molecule is COC(C)OC(=O)C1=C(C)NC(C)=C(C(=O)OCCSc2ccc(CCO)cc2)C1c1cccc([N+](=O)[O-])c1. The van der Waals surface area contributed by atoms with Gasteiger partial charge in [0.1, 0.15) is 6.61 Å². The van der Waals surface area contributed by atoms with E-state index in [1.165, 1.54) is 37.1 Å². The molecule has 2 aromatic rings. The molecule has 39 heavy (non-hydrogen) atoms. The van der Waals surface area contributed by atoms with Crippen molar-refractivity contribution in [2.24, 2.45) is 0 Å². The monoisotopic (exact) mass is 556 g/mol. The minimum atomic E-state index is -0.957. The van der Waals surface area contributed by atoms with Gasteiger partial charge in [0.05, 0.1) is 22.0 Å². The number of thioether (sulfide) groups is 1. The molecule has 0 bridgehead atoms. The third kappa shape index (κ3) is 7.69. The maximum Gasteiger partial charge on any atom is 0.339 e. The topological polar surface area (TPSA) is 137 Å². The van der Waals surface area contributed by atoms with Crippen molar-refractivity contribution in [2.75, 3.05) is 26.1 Å². The van der Waals surface area contributed by atoms with Gasteiger partial charge in [-0.3, -0.25) is 10.1 Å². The molecule has 1 heterocycles. The molecule has 0 spiro atoms. The van der Waals surface area contributed by atoms with E-state index in [-0.39, 0.29) is 30.0 Å². The number of non-ortho nitro benzene ring substituents is 1. The molecule has 0 fully saturated rings. The summed E-state index contributed by atoms with van der Waals surface area (Å²) in [6.07, 6.45) is -0.259. The number of methoxy groups -OCH3 is 1. The number of nitro benzene ring substituents is 1. The van der Waals surface area contributed by atoms with E-state index in [2.05, 4.69) is 5.32 Å². The highest BCUT2D eigenvalue weighted by Gasteiger charge is 2.39. The van der Waals surface area contributed by atoms with Gasteiger partial charge < -0.3 is 24.6 Å². The zero-order chi connectivity index (χ0) is 28.5. The van der Waals surface area contributed by atoms with Gasteiger partial charge >= 0.3 is 11.9 Å². The lowest BCUT2D eigenvalue weighted by atomic mass is 9.80. The molecule has 0 saturated carbocycles. The third-order valence-electron chi connectivity index (χ3n) is 6.13. The first-order valence-corrected chi connectivity index (χ1v) is 13.3. The summed E-state index contributed by atoms with van der Waals surface area (Å²) < 4.78 is 16.1. The maximum absolute atomic E-state index is 13.4. The Morgan fingerprint density at radius 2 is 1.77 bits per heavy atom. The summed E-state index contributed by atoms with van der Waals surface area (Å²) in [6, 6.07) is 13.6. The van der Waals surface area contributed by atoms with E-state index in [4.69, 9.17) is 19.3 Å². The van der Waals surface area contributed by atoms with Crippen LogP contribution in [-0.4, -0.2) is 54.3 Å². The van der Waals surface area contributed by atoms with Gasteiger partial charge in [-0.15, -0.1) is 11.8 Å². The fraction of sp³-hybridized carbons (Fsp3) is 0.357. The number of esters is 2. The molecule has 0 amide bonds. The molecule has 2 N–H and O–H groups in total. The normalized spacial score (nSPS) is 16.0. The number of benzene rings is 2. The number of dihydropyridines is 1. The average molecular weight is 557 g/mol. The van der Waals surface area contributed by atoms with Gasteiger partial charge in [-0.05, 0) is 50.5 Å². The predicted octanol–water partition coefficient (Wildman–Crippen LogP) is 4.24. The van der Waals surface area contributed by atoms with Gasteiger partial charge in [-0.2, -0.15) is 0 Å². The summed E-state index contributed by atoms with van der Waals surface area (Å²) in [5, 5.41) is 23.6. The van der Waals surface area contributed by atoms with E-state index >= 15 is 0 Å². The molecular weight excluding hydrogens is 524 g/mol. The van der Waals surface area contributed by atoms with Gasteiger partial charge in [0.25, 0.3) is 5.69 Å². The Hall–Kier alpha value is -3.67. The number of carbonyl (C=O) groups is 2. The second-order valence-corrected chi connectivity index (χ2v) is 9.97. The van der Waals surface area contributed by atoms with E-state index < -0.39 is 29.1 Å². The Morgan fingerprint density at radius 1 is 1.10 bits per heavy atom. The summed E-state index contributed by atoms with van der Waals surface area (Å²) in [5.41, 5.74) is 2.46. The molecule has 10 nitrogen and oxygen atoms in total. The van der Waals surface area contributed by atoms with Crippen LogP contribution in [0, 0.1) is 10.1 Å². The van der Waals surface area contributed by atoms with Crippen LogP contribution in [-0.2, 0) is 30.2 Å². The summed E-state index contributed by atoms with van der Waals surface area (Å²) in [4.78, 5) is 38.6. The van der Waals surface area contributed by atoms with Crippen molar-refractivity contribution in [3.63, 3.8) is 0 Å². The molecule has 2 aromatic carbocycles. The number of hydrogen-bond acceptors (Lipinski definition) is 10. The highest BCUT2D eigenvalue weighted by Crippen LogP contribution is 2.40. The molecule has 0 saturated heterocycles. The second kappa shape index (κ2) is 13.9. The number of aliphatic hydroxyl groups is 1. The summed E-state index contributed by atoms with van der Waals surface area (Å²) in [6.45, 7) is 5.10. The van der Waals surface area contributed by atoms with Gasteiger partial charge in [-0.1, -0.05) is 24.3 Å². The fourth-order valence-electron chi connectivity index (χ4n) is 4.20. The molecule has 3 rings (SSSR count). The van der Waals surface area contributed by atoms with Crippen LogP contribution in [0.25, 0.3) is 0 Å². The van der Waals surface area contributed by atoms with E-state index in [1.807, 2.05) is 24.3 Å². The van der Waals surface area contributed by atoms with Crippen molar-refractivity contribution in [3.05, 3.63) is 92.3 Å². The largest absolute Gasteiger partial charge is 0.461 e. The first-order valence-electron chi connectivity index (χ1n) is 12.3. The quantitative estimate of drug-likeness (QED) is 0.0975. The number of nitro groups is 1. The fourth-order valence-corrected chi connectivity index (χ4v) is 4.93. The summed E-state index contributed by atoms with van der Waals surface area (Å²) in [7, 11) is 1.39. The molecule has 0 aromatic heterocycles. The van der Waals surface area contributed by atoms with Crippen molar-refractivity contribution < 1.29 is 33.8 Å². The highest BCUT2D eigenvalue weighted by atomic mass is 32.2. The Kier molecular flexibility index (Phi) is 10.7. The van der Waals surface area contributed by atoms with Crippen molar-refractivity contribution in [1.82, 2.24) is 5.32 Å². The maximum atomic E-state index is 13.4. The molecule has 0 aliphatic carbocycles. The number of rotatable bonds is 12. The predicted molar refractivity (Wildman–Crippen MR) is 146 cm³/mol. The van der Waals surface area contributed by atoms with E-state index in [9.17, 15) is 19.7 Å². The van der Waals surface area contributed by atoms with Crippen LogP contribution < -0.4 is 5.32 Å². The van der Waals surface area contributed by atoms with E-state index in [0.29, 0.717) is 29.1 Å². The molecule has 2 unspecified atom stereocenters. The lowest BCUT2D eigenvalue weighted by Gasteiger charge is -2.30. The van der Waals surface area contributed by atoms with Crippen LogP contribution in [0.3, 0.4) is 0 Å². The van der Waals surface area contributed by atoms with Gasteiger partial charge in [0.15, 0.2) is 6.29 Å². The molecule has 2 atom stereocenters. The highest BCUT2D eigenvalue weighted by molar-refractivity contribution is 7.99. The minimum Gasteiger partial charge on any atom is -0.461 e. The van der Waals surface area contributed by atoms with Crippen LogP contribution in [0.15, 0.2) is 76.0 Å². The third-order valence-corrected chi connectivity index (χ3v) is 7.10. The lowest BCUT2D eigenvalue weighted by Crippen LogP contribution is -2.33. The molecule has 208 valence electrons. The minimum absolute atomic E-state index is 0.0868. The Morgan fingerprint density at radius 3 is 2.38 bits per heavy atom. The van der Waals surface area contributed by atoms with Gasteiger partial charge in [0.2, 0.25) is 0 Å². The standard InChI is InChI=1S/C28H32N2O8S/c1-17-24(27(32)37-14-15-39-23-10-8-20(9-11-23)12-13-31)26(21-6-5-7-22(16-21)30(34)35)25(18(2)29-17)28(33)38-19(3)36-4/h5-11,16,19,26,29,31H,12-15H2,1-4H3. The van der Waals surface area contributed by atoms with Crippen LogP contribution in [0.2, 0.25) is 0 Å². The molecule has 0 radical (unpaired) electrons. The number of carbonyl (C=O) groups excluding carboxylic acids is 2. The first-order chi connectivity index (χ1) is 18.7. The van der Waals surface area contributed by atoms with E-state index in [0.717, 1.165) is 10.5 Å². The number of ether oxygens (including phenoxy) is 3. The number of allylic oxidation sites excluding steroid dienone is 2. The van der Waals surface area contributed by atoms with Crippen molar-refractivity contribution in [1.29, 1.82) is 0 Å². The number of nitrogens with zero attached hydrogens (tertiary/aromatic N) is 1. The molecule has 11 heteroatoms. The van der Waals surface area contributed by atoms with Crippen molar-refractivity contribution in [2.45, 2.75) is 44.3 Å². The summed E-state index contributed by atoms with van der Waals surface area (Å²) >= 11 is 1.51. The zero-order valence-electron chi connectivity index (χ0n) is 22.3. The zero-order valence-corrected chi connectivity index (χ0v) is 23.1. The van der Waals surface area contributed by atoms with Crippen LogP contribution >= 0.6 is 11.8 Å². The summed E-state index contributed by atoms with van der Waals surface area (Å²) in [5.74, 6) is -1.83. The van der Waals surface area contributed by atoms with E-state index in [1.54, 1.807) is 26.8 Å². The Bertz CT molecular complexity index is 1270. The second-order valence-electron chi connectivity index (χ2n) is 8.80. The average Bonchev–Trinajstić information content (AvgIpc) is 2.91. The van der Waals surface area contributed by atoms with Crippen LogP contribution in [0.4, 0.5) is 5.69 Å². The van der Waals surface area contributed by atoms with Crippen molar-refractivity contribution >= 4 is 29.4 Å². The van der Waals surface area contributed by atoms with Crippen molar-refractivity contribution in [3.8, 4) is 0 Å². The van der Waals surface area contributed by atoms with Gasteiger partial charge in [-0.25, -0.2) is 9.59 Å². The Balaban J connectivity index is 1.84. The number of aliphatic hydroxyl groups excluding tert-OH is 1. The lowest BCUT2D eigenvalue weighted by molar-refractivity contribution is -0.384. The van der Waals surface area contributed by atoms with Gasteiger partial charge in [0, 0.05) is 47.9 Å². The number of nitrogens with one attached hydrogen (secondary N) is 1. The molecular formula is C28H32N2O8S.